The molecule has 2 rings (SSSR count). The van der Waals surface area contributed by atoms with Gasteiger partial charge in [-0.25, -0.2) is 0 Å². The third kappa shape index (κ3) is 4.32. The van der Waals surface area contributed by atoms with E-state index in [1.165, 1.54) is 12.8 Å². The SMILES string of the molecule is C=CCN1C[C@H](C(=O)N(C)CCN2CCC(C)CC2)CC1=O. The summed E-state index contributed by atoms with van der Waals surface area (Å²) in [6.07, 6.45) is 4.57. The van der Waals surface area contributed by atoms with Crippen LogP contribution in [0.25, 0.3) is 0 Å². The minimum atomic E-state index is -0.182. The molecule has 22 heavy (non-hydrogen) atoms. The largest absolute Gasteiger partial charge is 0.344 e. The molecule has 0 unspecified atom stereocenters. The maximum absolute atomic E-state index is 12.5. The lowest BCUT2D eigenvalue weighted by atomic mass is 9.99. The summed E-state index contributed by atoms with van der Waals surface area (Å²) < 4.78 is 0. The van der Waals surface area contributed by atoms with E-state index in [4.69, 9.17) is 0 Å². The van der Waals surface area contributed by atoms with Crippen molar-refractivity contribution in [1.29, 1.82) is 0 Å². The molecule has 2 heterocycles. The molecule has 1 atom stereocenters. The molecular weight excluding hydrogens is 278 g/mol. The Morgan fingerprint density at radius 2 is 2.09 bits per heavy atom. The van der Waals surface area contributed by atoms with Crippen molar-refractivity contribution in [2.24, 2.45) is 11.8 Å². The maximum atomic E-state index is 12.5. The first kappa shape index (κ1) is 17.0. The molecule has 124 valence electrons. The number of piperidine rings is 1. The van der Waals surface area contributed by atoms with Crippen molar-refractivity contribution in [3.05, 3.63) is 12.7 Å². The summed E-state index contributed by atoms with van der Waals surface area (Å²) in [4.78, 5) is 30.3. The molecule has 0 aromatic carbocycles. The number of nitrogens with zero attached hydrogens (tertiary/aromatic N) is 3. The Labute approximate surface area is 133 Å². The average Bonchev–Trinajstić information content (AvgIpc) is 2.87. The van der Waals surface area contributed by atoms with E-state index in [-0.39, 0.29) is 17.7 Å². The molecule has 5 nitrogen and oxygen atoms in total. The first-order valence-electron chi connectivity index (χ1n) is 8.37. The van der Waals surface area contributed by atoms with E-state index in [0.717, 1.165) is 32.1 Å². The summed E-state index contributed by atoms with van der Waals surface area (Å²) in [7, 11) is 1.86. The van der Waals surface area contributed by atoms with Gasteiger partial charge in [0.15, 0.2) is 0 Å². The van der Waals surface area contributed by atoms with Crippen LogP contribution in [0.3, 0.4) is 0 Å². The summed E-state index contributed by atoms with van der Waals surface area (Å²) in [5, 5.41) is 0. The first-order chi connectivity index (χ1) is 10.5. The van der Waals surface area contributed by atoms with Crippen LogP contribution in [0, 0.1) is 11.8 Å². The Kier molecular flexibility index (Phi) is 6.00. The number of likely N-dealkylation sites (N-methyl/N-ethyl adjacent to an activating group) is 1. The van der Waals surface area contributed by atoms with E-state index >= 15 is 0 Å². The highest BCUT2D eigenvalue weighted by atomic mass is 16.2. The standard InChI is InChI=1S/C17H29N3O2/c1-4-7-20-13-15(12-16(20)21)17(22)18(3)10-11-19-8-5-14(2)6-9-19/h4,14-15H,1,5-13H2,2-3H3/t15-/m1/s1. The number of hydrogen-bond acceptors (Lipinski definition) is 3. The van der Waals surface area contributed by atoms with E-state index in [9.17, 15) is 9.59 Å². The Bertz CT molecular complexity index is 416. The number of likely N-dealkylation sites (tertiary alicyclic amines) is 2. The van der Waals surface area contributed by atoms with Gasteiger partial charge in [-0.3, -0.25) is 9.59 Å². The molecule has 0 aliphatic carbocycles. The van der Waals surface area contributed by atoms with Gasteiger partial charge in [-0.05, 0) is 31.8 Å². The lowest BCUT2D eigenvalue weighted by molar-refractivity contribution is -0.134. The molecule has 0 radical (unpaired) electrons. The van der Waals surface area contributed by atoms with Crippen LogP contribution < -0.4 is 0 Å². The van der Waals surface area contributed by atoms with Gasteiger partial charge in [0.05, 0.1) is 5.92 Å². The molecule has 5 heteroatoms. The molecule has 2 amide bonds. The number of carbonyl (C=O) groups excluding carboxylic acids is 2. The fraction of sp³-hybridized carbons (Fsp3) is 0.765. The van der Waals surface area contributed by atoms with Crippen LogP contribution in [0.2, 0.25) is 0 Å². The number of carbonyl (C=O) groups is 2. The van der Waals surface area contributed by atoms with Crippen molar-refractivity contribution in [3.63, 3.8) is 0 Å². The van der Waals surface area contributed by atoms with E-state index in [1.807, 2.05) is 7.05 Å². The molecular formula is C17H29N3O2. The van der Waals surface area contributed by atoms with Gasteiger partial charge in [-0.15, -0.1) is 6.58 Å². The van der Waals surface area contributed by atoms with Gasteiger partial charge in [0.25, 0.3) is 0 Å². The zero-order chi connectivity index (χ0) is 16.1. The molecule has 0 N–H and O–H groups in total. The highest BCUT2D eigenvalue weighted by Crippen LogP contribution is 2.20. The Balaban J connectivity index is 1.75. The molecule has 0 aromatic rings. The molecule has 0 aromatic heterocycles. The second-order valence-corrected chi connectivity index (χ2v) is 6.77. The quantitative estimate of drug-likeness (QED) is 0.693. The molecule has 2 saturated heterocycles. The van der Waals surface area contributed by atoms with Crippen LogP contribution in [0.4, 0.5) is 0 Å². The van der Waals surface area contributed by atoms with Crippen LogP contribution in [0.1, 0.15) is 26.2 Å². The van der Waals surface area contributed by atoms with Gasteiger partial charge < -0.3 is 14.7 Å². The van der Waals surface area contributed by atoms with Crippen LogP contribution in [-0.2, 0) is 9.59 Å². The molecule has 0 spiro atoms. The van der Waals surface area contributed by atoms with Crippen LogP contribution in [-0.4, -0.2) is 72.8 Å². The van der Waals surface area contributed by atoms with Crippen molar-refractivity contribution in [1.82, 2.24) is 14.7 Å². The number of hydrogen-bond donors (Lipinski definition) is 0. The fourth-order valence-corrected chi connectivity index (χ4v) is 3.27. The predicted octanol–water partition coefficient (Wildman–Crippen LogP) is 1.21. The molecule has 2 aliphatic heterocycles. The minimum Gasteiger partial charge on any atom is -0.344 e. The zero-order valence-electron chi connectivity index (χ0n) is 14.0. The van der Waals surface area contributed by atoms with Crippen molar-refractivity contribution in [2.45, 2.75) is 26.2 Å². The van der Waals surface area contributed by atoms with Crippen molar-refractivity contribution in [2.75, 3.05) is 46.3 Å². The second kappa shape index (κ2) is 7.77. The van der Waals surface area contributed by atoms with Gasteiger partial charge in [0.2, 0.25) is 11.8 Å². The van der Waals surface area contributed by atoms with Crippen molar-refractivity contribution >= 4 is 11.8 Å². The first-order valence-corrected chi connectivity index (χ1v) is 8.37. The van der Waals surface area contributed by atoms with E-state index in [2.05, 4.69) is 18.4 Å². The van der Waals surface area contributed by atoms with E-state index in [0.29, 0.717) is 19.5 Å². The summed E-state index contributed by atoms with van der Waals surface area (Å²) in [6.45, 7) is 11.0. The topological polar surface area (TPSA) is 43.9 Å². The van der Waals surface area contributed by atoms with Crippen LogP contribution in [0.5, 0.6) is 0 Å². The van der Waals surface area contributed by atoms with Gasteiger partial charge >= 0.3 is 0 Å². The average molecular weight is 307 g/mol. The van der Waals surface area contributed by atoms with Crippen molar-refractivity contribution < 1.29 is 9.59 Å². The Morgan fingerprint density at radius 3 is 2.73 bits per heavy atom. The van der Waals surface area contributed by atoms with E-state index < -0.39 is 0 Å². The van der Waals surface area contributed by atoms with Crippen LogP contribution >= 0.6 is 0 Å². The maximum Gasteiger partial charge on any atom is 0.227 e. The van der Waals surface area contributed by atoms with Crippen LogP contribution in [0.15, 0.2) is 12.7 Å². The highest BCUT2D eigenvalue weighted by molar-refractivity contribution is 5.89. The highest BCUT2D eigenvalue weighted by Gasteiger charge is 2.35. The van der Waals surface area contributed by atoms with Gasteiger partial charge in [-0.2, -0.15) is 0 Å². The third-order valence-electron chi connectivity index (χ3n) is 4.92. The summed E-state index contributed by atoms with van der Waals surface area (Å²) >= 11 is 0. The lowest BCUT2D eigenvalue weighted by Crippen LogP contribution is -2.42. The fourth-order valence-electron chi connectivity index (χ4n) is 3.27. The van der Waals surface area contributed by atoms with Gasteiger partial charge in [-0.1, -0.05) is 13.0 Å². The third-order valence-corrected chi connectivity index (χ3v) is 4.92. The van der Waals surface area contributed by atoms with Crippen molar-refractivity contribution in [3.8, 4) is 0 Å². The monoisotopic (exact) mass is 307 g/mol. The predicted molar refractivity (Wildman–Crippen MR) is 87.4 cm³/mol. The zero-order valence-corrected chi connectivity index (χ0v) is 14.0. The molecule has 2 aliphatic rings. The summed E-state index contributed by atoms with van der Waals surface area (Å²) in [5.41, 5.74) is 0. The molecule has 0 bridgehead atoms. The minimum absolute atomic E-state index is 0.0664. The normalized spacial score (nSPS) is 23.8. The summed E-state index contributed by atoms with van der Waals surface area (Å²) in [6, 6.07) is 0. The summed E-state index contributed by atoms with van der Waals surface area (Å²) in [5.74, 6) is 0.816. The lowest BCUT2D eigenvalue weighted by Gasteiger charge is -2.32. The Morgan fingerprint density at radius 1 is 1.41 bits per heavy atom. The van der Waals surface area contributed by atoms with Gasteiger partial charge in [0.1, 0.15) is 0 Å². The van der Waals surface area contributed by atoms with Gasteiger partial charge in [0, 0.05) is 39.6 Å². The molecule has 0 saturated carbocycles. The molecule has 2 fully saturated rings. The second-order valence-electron chi connectivity index (χ2n) is 6.77. The number of amides is 2. The van der Waals surface area contributed by atoms with E-state index in [1.54, 1.807) is 15.9 Å². The number of rotatable bonds is 6. The smallest absolute Gasteiger partial charge is 0.227 e. The Hall–Kier alpha value is -1.36.